The number of aromatic amines is 1. The van der Waals surface area contributed by atoms with Crippen LogP contribution in [0.3, 0.4) is 0 Å². The average molecular weight is 235 g/mol. The molecule has 5 nitrogen and oxygen atoms in total. The molecule has 0 fully saturated rings. The lowest BCUT2D eigenvalue weighted by atomic mass is 10.4. The van der Waals surface area contributed by atoms with Gasteiger partial charge >= 0.3 is 0 Å². The van der Waals surface area contributed by atoms with Crippen molar-refractivity contribution in [2.75, 3.05) is 11.9 Å². The number of nitrogens with one attached hydrogen (secondary N) is 2. The smallest absolute Gasteiger partial charge is 0.189 e. The van der Waals surface area contributed by atoms with E-state index in [1.165, 1.54) is 18.1 Å². The van der Waals surface area contributed by atoms with Crippen molar-refractivity contribution in [2.24, 2.45) is 0 Å². The van der Waals surface area contributed by atoms with Gasteiger partial charge in [-0.15, -0.1) is 0 Å². The Hall–Kier alpha value is -1.56. The fourth-order valence-corrected chi connectivity index (χ4v) is 1.85. The molecular weight excluding hydrogens is 222 g/mol. The van der Waals surface area contributed by atoms with Gasteiger partial charge in [-0.1, -0.05) is 13.0 Å². The Morgan fingerprint density at radius 1 is 1.44 bits per heavy atom. The summed E-state index contributed by atoms with van der Waals surface area (Å²) in [6, 6.07) is 5.88. The fraction of sp³-hybridized carbons (Fsp3) is 0.300. The van der Waals surface area contributed by atoms with Crippen LogP contribution in [0.15, 0.2) is 34.7 Å². The van der Waals surface area contributed by atoms with Gasteiger partial charge in [0.25, 0.3) is 0 Å². The van der Waals surface area contributed by atoms with Gasteiger partial charge in [0, 0.05) is 6.54 Å². The number of aromatic nitrogens is 4. The standard InChI is InChI=1S/C10H13N5S/c1-2-6-11-8-4-3-5-9(14-8)16-10-12-7-13-15-10/h3-5,7H,2,6H2,1H3,(H,11,14)(H,12,13,15). The van der Waals surface area contributed by atoms with Crippen molar-refractivity contribution in [3.05, 3.63) is 24.5 Å². The minimum Gasteiger partial charge on any atom is -0.370 e. The van der Waals surface area contributed by atoms with Crippen LogP contribution < -0.4 is 5.32 Å². The van der Waals surface area contributed by atoms with Crippen molar-refractivity contribution < 1.29 is 0 Å². The molecular formula is C10H13N5S. The summed E-state index contributed by atoms with van der Waals surface area (Å²) in [6.07, 6.45) is 2.57. The van der Waals surface area contributed by atoms with Crippen LogP contribution in [0.2, 0.25) is 0 Å². The second-order valence-corrected chi connectivity index (χ2v) is 4.19. The first-order valence-electron chi connectivity index (χ1n) is 5.12. The summed E-state index contributed by atoms with van der Waals surface area (Å²) in [7, 11) is 0. The lowest BCUT2D eigenvalue weighted by molar-refractivity contribution is 0.952. The van der Waals surface area contributed by atoms with Crippen LogP contribution in [-0.4, -0.2) is 26.7 Å². The summed E-state index contributed by atoms with van der Waals surface area (Å²) in [5, 5.41) is 11.5. The molecule has 6 heteroatoms. The van der Waals surface area contributed by atoms with E-state index in [0.717, 1.165) is 29.0 Å². The molecule has 2 heterocycles. The summed E-state index contributed by atoms with van der Waals surface area (Å²) in [5.41, 5.74) is 0. The molecule has 0 bridgehead atoms. The highest BCUT2D eigenvalue weighted by molar-refractivity contribution is 7.99. The maximum Gasteiger partial charge on any atom is 0.189 e. The predicted molar refractivity (Wildman–Crippen MR) is 63.5 cm³/mol. The summed E-state index contributed by atoms with van der Waals surface area (Å²) < 4.78 is 0. The van der Waals surface area contributed by atoms with Crippen molar-refractivity contribution in [2.45, 2.75) is 23.5 Å². The van der Waals surface area contributed by atoms with E-state index in [1.807, 2.05) is 18.2 Å². The van der Waals surface area contributed by atoms with Crippen LogP contribution in [0, 0.1) is 0 Å². The van der Waals surface area contributed by atoms with Gasteiger partial charge < -0.3 is 5.32 Å². The second-order valence-electron chi connectivity index (χ2n) is 3.18. The topological polar surface area (TPSA) is 66.5 Å². The monoisotopic (exact) mass is 235 g/mol. The van der Waals surface area contributed by atoms with Gasteiger partial charge in [0.05, 0.1) is 0 Å². The molecule has 2 N–H and O–H groups in total. The normalized spacial score (nSPS) is 10.3. The SMILES string of the molecule is CCCNc1cccc(Sc2ncn[nH]2)n1. The molecule has 2 rings (SSSR count). The van der Waals surface area contributed by atoms with Crippen LogP contribution in [0.5, 0.6) is 0 Å². The third-order valence-corrected chi connectivity index (χ3v) is 2.70. The zero-order chi connectivity index (χ0) is 11.2. The van der Waals surface area contributed by atoms with Crippen molar-refractivity contribution in [1.29, 1.82) is 0 Å². The summed E-state index contributed by atoms with van der Waals surface area (Å²) >= 11 is 1.46. The Labute approximate surface area is 98.1 Å². The highest BCUT2D eigenvalue weighted by atomic mass is 32.2. The van der Waals surface area contributed by atoms with Crippen LogP contribution in [0.1, 0.15) is 13.3 Å². The molecule has 0 aliphatic heterocycles. The van der Waals surface area contributed by atoms with Gasteiger partial charge in [-0.05, 0) is 30.3 Å². The number of pyridine rings is 1. The zero-order valence-corrected chi connectivity index (χ0v) is 9.79. The van der Waals surface area contributed by atoms with Gasteiger partial charge in [-0.3, -0.25) is 5.10 Å². The number of H-pyrrole nitrogens is 1. The van der Waals surface area contributed by atoms with E-state index >= 15 is 0 Å². The molecule has 0 saturated carbocycles. The molecule has 2 aromatic heterocycles. The highest BCUT2D eigenvalue weighted by Gasteiger charge is 2.02. The first-order valence-corrected chi connectivity index (χ1v) is 5.94. The van der Waals surface area contributed by atoms with E-state index in [-0.39, 0.29) is 0 Å². The Morgan fingerprint density at radius 3 is 3.12 bits per heavy atom. The van der Waals surface area contributed by atoms with Gasteiger partial charge in [-0.2, -0.15) is 5.10 Å². The molecule has 0 spiro atoms. The molecule has 0 atom stereocenters. The molecule has 0 aliphatic carbocycles. The summed E-state index contributed by atoms with van der Waals surface area (Å²) in [6.45, 7) is 3.06. The molecule has 0 radical (unpaired) electrons. The molecule has 0 saturated heterocycles. The maximum atomic E-state index is 4.45. The minimum absolute atomic E-state index is 0.750. The number of anilines is 1. The largest absolute Gasteiger partial charge is 0.370 e. The van der Waals surface area contributed by atoms with E-state index in [2.05, 4.69) is 32.4 Å². The van der Waals surface area contributed by atoms with Crippen molar-refractivity contribution >= 4 is 17.6 Å². The quantitative estimate of drug-likeness (QED) is 0.831. The predicted octanol–water partition coefficient (Wildman–Crippen LogP) is 2.17. The van der Waals surface area contributed by atoms with Gasteiger partial charge in [0.1, 0.15) is 17.2 Å². The lowest BCUT2D eigenvalue weighted by Crippen LogP contribution is -2.01. The number of hydrogen-bond donors (Lipinski definition) is 2. The van der Waals surface area contributed by atoms with Gasteiger partial charge in [0.15, 0.2) is 5.16 Å². The molecule has 0 unspecified atom stereocenters. The van der Waals surface area contributed by atoms with E-state index in [9.17, 15) is 0 Å². The van der Waals surface area contributed by atoms with E-state index < -0.39 is 0 Å². The number of rotatable bonds is 5. The van der Waals surface area contributed by atoms with Gasteiger partial charge in [-0.25, -0.2) is 9.97 Å². The van der Waals surface area contributed by atoms with Crippen LogP contribution in [-0.2, 0) is 0 Å². The van der Waals surface area contributed by atoms with Crippen LogP contribution in [0.4, 0.5) is 5.82 Å². The van der Waals surface area contributed by atoms with Crippen molar-refractivity contribution in [3.63, 3.8) is 0 Å². The first-order chi connectivity index (χ1) is 7.88. The minimum atomic E-state index is 0.750. The molecule has 0 amide bonds. The van der Waals surface area contributed by atoms with Crippen LogP contribution in [0.25, 0.3) is 0 Å². The average Bonchev–Trinajstić information content (AvgIpc) is 2.80. The van der Waals surface area contributed by atoms with Crippen LogP contribution >= 0.6 is 11.8 Å². The molecule has 16 heavy (non-hydrogen) atoms. The Balaban J connectivity index is 2.04. The number of nitrogens with zero attached hydrogens (tertiary/aromatic N) is 3. The van der Waals surface area contributed by atoms with Crippen molar-refractivity contribution in [1.82, 2.24) is 20.2 Å². The highest BCUT2D eigenvalue weighted by Crippen LogP contribution is 2.22. The zero-order valence-electron chi connectivity index (χ0n) is 8.97. The summed E-state index contributed by atoms with van der Waals surface area (Å²) in [4.78, 5) is 8.49. The molecule has 0 aliphatic rings. The Bertz CT molecular complexity index is 429. The lowest BCUT2D eigenvalue weighted by Gasteiger charge is -2.04. The van der Waals surface area contributed by atoms with Crippen molar-refractivity contribution in [3.8, 4) is 0 Å². The first kappa shape index (κ1) is 10.9. The van der Waals surface area contributed by atoms with E-state index in [1.54, 1.807) is 0 Å². The second kappa shape index (κ2) is 5.50. The third kappa shape index (κ3) is 2.96. The fourth-order valence-electron chi connectivity index (χ4n) is 1.17. The van der Waals surface area contributed by atoms with E-state index in [4.69, 9.17) is 0 Å². The summed E-state index contributed by atoms with van der Waals surface area (Å²) in [5.74, 6) is 0.895. The Morgan fingerprint density at radius 2 is 2.38 bits per heavy atom. The molecule has 84 valence electrons. The Kier molecular flexibility index (Phi) is 3.76. The van der Waals surface area contributed by atoms with Gasteiger partial charge in [0.2, 0.25) is 0 Å². The number of hydrogen-bond acceptors (Lipinski definition) is 5. The molecule has 2 aromatic rings. The maximum absolute atomic E-state index is 4.45. The third-order valence-electron chi connectivity index (χ3n) is 1.87. The van der Waals surface area contributed by atoms with E-state index in [0.29, 0.717) is 0 Å². The molecule has 0 aromatic carbocycles.